The lowest BCUT2D eigenvalue weighted by Gasteiger charge is -2.19. The first-order valence-corrected chi connectivity index (χ1v) is 12.0. The average molecular weight is 476 g/mol. The minimum atomic E-state index is -3.82. The molecule has 2 amide bonds. The molecule has 1 fully saturated rings. The van der Waals surface area contributed by atoms with Crippen LogP contribution in [0.25, 0.3) is 0 Å². The van der Waals surface area contributed by atoms with E-state index >= 15 is 0 Å². The second-order valence-corrected chi connectivity index (χ2v) is 9.30. The van der Waals surface area contributed by atoms with Crippen molar-refractivity contribution >= 4 is 33.2 Å². The number of nitrogens with one attached hydrogen (secondary N) is 2. The smallest absolute Gasteiger partial charge is 0.240 e. The molecule has 0 aliphatic carbocycles. The van der Waals surface area contributed by atoms with E-state index in [1.54, 1.807) is 29.2 Å². The topological polar surface area (TPSA) is 123 Å². The Morgan fingerprint density at radius 1 is 1.12 bits per heavy atom. The molecule has 0 atom stereocenters. The summed E-state index contributed by atoms with van der Waals surface area (Å²) in [5, 5.41) is 2.72. The number of fused-ring (bicyclic) bond motifs is 1. The molecule has 10 nitrogen and oxygen atoms in total. The van der Waals surface area contributed by atoms with Gasteiger partial charge in [0.15, 0.2) is 11.5 Å². The Hall–Kier alpha value is -3.31. The predicted octanol–water partition coefficient (Wildman–Crippen LogP) is 1.90. The SMILES string of the molecule is COc1cc(NC(=O)CCNS(=O)(=O)c2ccc3c(c2)OCCO3)ccc1N1CCCC1=O. The van der Waals surface area contributed by atoms with Crippen LogP contribution in [-0.4, -0.2) is 53.6 Å². The lowest BCUT2D eigenvalue weighted by atomic mass is 10.2. The molecular formula is C22H25N3O7S. The monoisotopic (exact) mass is 475 g/mol. The van der Waals surface area contributed by atoms with Crippen LogP contribution < -0.4 is 29.1 Å². The number of carbonyl (C=O) groups is 2. The molecule has 4 rings (SSSR count). The van der Waals surface area contributed by atoms with Gasteiger partial charge in [-0.05, 0) is 30.7 Å². The summed E-state index contributed by atoms with van der Waals surface area (Å²) >= 11 is 0. The summed E-state index contributed by atoms with van der Waals surface area (Å²) in [5.41, 5.74) is 1.15. The second-order valence-electron chi connectivity index (χ2n) is 7.54. The van der Waals surface area contributed by atoms with Gasteiger partial charge in [-0.3, -0.25) is 9.59 Å². The first-order chi connectivity index (χ1) is 15.9. The number of nitrogens with zero attached hydrogens (tertiary/aromatic N) is 1. The molecule has 2 N–H and O–H groups in total. The fourth-order valence-electron chi connectivity index (χ4n) is 3.68. The molecule has 0 aromatic heterocycles. The molecule has 2 aromatic rings. The summed E-state index contributed by atoms with van der Waals surface area (Å²) in [5.74, 6) is 1.01. The second kappa shape index (κ2) is 9.67. The lowest BCUT2D eigenvalue weighted by Crippen LogP contribution is -2.28. The molecule has 0 spiro atoms. The van der Waals surface area contributed by atoms with E-state index in [-0.39, 0.29) is 29.7 Å². The van der Waals surface area contributed by atoms with Crippen molar-refractivity contribution in [1.29, 1.82) is 0 Å². The Labute approximate surface area is 191 Å². The molecule has 2 heterocycles. The largest absolute Gasteiger partial charge is 0.494 e. The number of amides is 2. The molecule has 0 bridgehead atoms. The summed E-state index contributed by atoms with van der Waals surface area (Å²) in [6, 6.07) is 9.41. The van der Waals surface area contributed by atoms with Crippen molar-refractivity contribution in [2.75, 3.05) is 43.6 Å². The van der Waals surface area contributed by atoms with Gasteiger partial charge in [0, 0.05) is 43.8 Å². The fourth-order valence-corrected chi connectivity index (χ4v) is 4.72. The van der Waals surface area contributed by atoms with Gasteiger partial charge in [-0.15, -0.1) is 0 Å². The van der Waals surface area contributed by atoms with Crippen LogP contribution in [0.5, 0.6) is 17.2 Å². The summed E-state index contributed by atoms with van der Waals surface area (Å²) in [6.07, 6.45) is 1.23. The maximum Gasteiger partial charge on any atom is 0.240 e. The maximum absolute atomic E-state index is 12.5. The first-order valence-electron chi connectivity index (χ1n) is 10.5. The van der Waals surface area contributed by atoms with Gasteiger partial charge in [0.25, 0.3) is 0 Å². The Bertz CT molecular complexity index is 1170. The highest BCUT2D eigenvalue weighted by Crippen LogP contribution is 2.34. The minimum Gasteiger partial charge on any atom is -0.494 e. The number of sulfonamides is 1. The van der Waals surface area contributed by atoms with E-state index in [2.05, 4.69) is 10.0 Å². The third kappa shape index (κ3) is 5.20. The Balaban J connectivity index is 1.33. The summed E-state index contributed by atoms with van der Waals surface area (Å²) in [7, 11) is -2.32. The van der Waals surface area contributed by atoms with E-state index in [4.69, 9.17) is 14.2 Å². The van der Waals surface area contributed by atoms with Crippen molar-refractivity contribution in [3.8, 4) is 17.2 Å². The van der Waals surface area contributed by atoms with Gasteiger partial charge in [-0.2, -0.15) is 0 Å². The van der Waals surface area contributed by atoms with Crippen LogP contribution in [-0.2, 0) is 19.6 Å². The van der Waals surface area contributed by atoms with Crippen molar-refractivity contribution in [2.24, 2.45) is 0 Å². The molecule has 11 heteroatoms. The molecule has 2 aromatic carbocycles. The number of hydrogen-bond acceptors (Lipinski definition) is 7. The summed E-state index contributed by atoms with van der Waals surface area (Å²) in [6.45, 7) is 1.31. The van der Waals surface area contributed by atoms with Crippen LogP contribution in [0, 0.1) is 0 Å². The third-order valence-corrected chi connectivity index (χ3v) is 6.75. The van der Waals surface area contributed by atoms with E-state index < -0.39 is 10.0 Å². The first kappa shape index (κ1) is 22.9. The van der Waals surface area contributed by atoms with Gasteiger partial charge in [-0.1, -0.05) is 0 Å². The molecular weight excluding hydrogens is 450 g/mol. The van der Waals surface area contributed by atoms with Crippen LogP contribution in [0.3, 0.4) is 0 Å². The van der Waals surface area contributed by atoms with Gasteiger partial charge in [0.2, 0.25) is 21.8 Å². The average Bonchev–Trinajstić information content (AvgIpc) is 3.24. The molecule has 2 aliphatic rings. The number of hydrogen-bond donors (Lipinski definition) is 2. The molecule has 0 saturated carbocycles. The highest BCUT2D eigenvalue weighted by molar-refractivity contribution is 7.89. The number of methoxy groups -OCH3 is 1. The molecule has 0 radical (unpaired) electrons. The van der Waals surface area contributed by atoms with E-state index in [1.165, 1.54) is 19.2 Å². The molecule has 2 aliphatic heterocycles. The lowest BCUT2D eigenvalue weighted by molar-refractivity contribution is -0.117. The van der Waals surface area contributed by atoms with Crippen LogP contribution in [0.1, 0.15) is 19.3 Å². The molecule has 176 valence electrons. The quantitative estimate of drug-likeness (QED) is 0.598. The van der Waals surface area contributed by atoms with E-state index in [0.29, 0.717) is 54.8 Å². The van der Waals surface area contributed by atoms with Crippen molar-refractivity contribution in [2.45, 2.75) is 24.2 Å². The number of benzene rings is 2. The summed E-state index contributed by atoms with van der Waals surface area (Å²) in [4.78, 5) is 26.0. The van der Waals surface area contributed by atoms with Crippen molar-refractivity contribution in [3.05, 3.63) is 36.4 Å². The Kier molecular flexibility index (Phi) is 6.70. The van der Waals surface area contributed by atoms with Gasteiger partial charge >= 0.3 is 0 Å². The zero-order valence-electron chi connectivity index (χ0n) is 18.1. The zero-order chi connectivity index (χ0) is 23.4. The van der Waals surface area contributed by atoms with E-state index in [1.807, 2.05) is 0 Å². The fraction of sp³-hybridized carbons (Fsp3) is 0.364. The number of anilines is 2. The van der Waals surface area contributed by atoms with Gasteiger partial charge in [-0.25, -0.2) is 13.1 Å². The van der Waals surface area contributed by atoms with Crippen molar-refractivity contribution in [3.63, 3.8) is 0 Å². The number of ether oxygens (including phenoxy) is 3. The van der Waals surface area contributed by atoms with Crippen LogP contribution in [0.15, 0.2) is 41.3 Å². The summed E-state index contributed by atoms with van der Waals surface area (Å²) < 4.78 is 43.7. The Morgan fingerprint density at radius 3 is 2.64 bits per heavy atom. The van der Waals surface area contributed by atoms with Crippen LogP contribution in [0.4, 0.5) is 11.4 Å². The van der Waals surface area contributed by atoms with Crippen molar-refractivity contribution in [1.82, 2.24) is 4.72 Å². The normalized spacial score (nSPS) is 15.4. The van der Waals surface area contributed by atoms with Crippen LogP contribution >= 0.6 is 0 Å². The van der Waals surface area contributed by atoms with Gasteiger partial charge < -0.3 is 24.4 Å². The zero-order valence-corrected chi connectivity index (χ0v) is 18.9. The van der Waals surface area contributed by atoms with Gasteiger partial charge in [0.1, 0.15) is 19.0 Å². The minimum absolute atomic E-state index is 0.0314. The van der Waals surface area contributed by atoms with Gasteiger partial charge in [0.05, 0.1) is 17.7 Å². The number of rotatable bonds is 8. The van der Waals surface area contributed by atoms with Crippen molar-refractivity contribution < 1.29 is 32.2 Å². The van der Waals surface area contributed by atoms with Crippen LogP contribution in [0.2, 0.25) is 0 Å². The molecule has 1 saturated heterocycles. The maximum atomic E-state index is 12.5. The molecule has 33 heavy (non-hydrogen) atoms. The predicted molar refractivity (Wildman–Crippen MR) is 120 cm³/mol. The number of carbonyl (C=O) groups excluding carboxylic acids is 2. The highest BCUT2D eigenvalue weighted by atomic mass is 32.2. The van der Waals surface area contributed by atoms with E-state index in [0.717, 1.165) is 6.42 Å². The van der Waals surface area contributed by atoms with E-state index in [9.17, 15) is 18.0 Å². The Morgan fingerprint density at radius 2 is 1.91 bits per heavy atom. The third-order valence-electron chi connectivity index (χ3n) is 5.30. The molecule has 0 unspecified atom stereocenters. The standard InChI is InChI=1S/C22H25N3O7S/c1-30-19-13-15(4-6-17(19)25-10-2-3-22(25)27)24-21(26)8-9-23-33(28,29)16-5-7-18-20(14-16)32-12-11-31-18/h4-7,13-14,23H,2-3,8-12H2,1H3,(H,24,26). The highest BCUT2D eigenvalue weighted by Gasteiger charge is 2.25.